The maximum atomic E-state index is 13.8. The molecule has 3 aromatic rings. The quantitative estimate of drug-likeness (QED) is 0.301. The lowest BCUT2D eigenvalue weighted by molar-refractivity contribution is 0.0512. The molecule has 2 heterocycles. The summed E-state index contributed by atoms with van der Waals surface area (Å²) in [5.41, 5.74) is 2.68. The molecule has 0 saturated heterocycles. The zero-order valence-electron chi connectivity index (χ0n) is 20.1. The van der Waals surface area contributed by atoms with Crippen molar-refractivity contribution in [1.82, 2.24) is 9.47 Å². The average Bonchev–Trinajstić information content (AvgIpc) is 3.44. The fourth-order valence-corrected chi connectivity index (χ4v) is 4.86. The Kier molecular flexibility index (Phi) is 8.04. The van der Waals surface area contributed by atoms with Crippen molar-refractivity contribution in [3.8, 4) is 0 Å². The molecule has 3 rings (SSSR count). The van der Waals surface area contributed by atoms with Gasteiger partial charge in [0, 0.05) is 24.3 Å². The van der Waals surface area contributed by atoms with Crippen molar-refractivity contribution in [2.45, 2.75) is 53.8 Å². The van der Waals surface area contributed by atoms with Gasteiger partial charge in [-0.05, 0) is 69.3 Å². The minimum absolute atomic E-state index is 0.140. The van der Waals surface area contributed by atoms with Gasteiger partial charge < -0.3 is 14.2 Å². The lowest BCUT2D eigenvalue weighted by Gasteiger charge is -2.28. The van der Waals surface area contributed by atoms with E-state index in [1.807, 2.05) is 6.92 Å². The number of esters is 1. The summed E-state index contributed by atoms with van der Waals surface area (Å²) in [4.78, 5) is 41.8. The number of thiophene rings is 1. The third-order valence-corrected chi connectivity index (χ3v) is 6.76. The van der Waals surface area contributed by atoms with Crippen LogP contribution in [-0.4, -0.2) is 39.8 Å². The van der Waals surface area contributed by atoms with Crippen molar-refractivity contribution in [2.75, 3.05) is 6.61 Å². The molecule has 0 aliphatic carbocycles. The molecule has 1 atom stereocenters. The maximum absolute atomic E-state index is 13.8. The van der Waals surface area contributed by atoms with Gasteiger partial charge in [0.05, 0.1) is 17.5 Å². The predicted molar refractivity (Wildman–Crippen MR) is 130 cm³/mol. The van der Waals surface area contributed by atoms with Crippen molar-refractivity contribution >= 4 is 29.0 Å². The van der Waals surface area contributed by atoms with Gasteiger partial charge >= 0.3 is 5.97 Å². The summed E-state index contributed by atoms with van der Waals surface area (Å²) in [5.74, 6) is -1.40. The van der Waals surface area contributed by atoms with Crippen molar-refractivity contribution in [3.05, 3.63) is 80.6 Å². The number of rotatable bonds is 9. The molecule has 0 N–H and O–H groups in total. The van der Waals surface area contributed by atoms with Crippen LogP contribution in [-0.2, 0) is 17.8 Å². The molecular formula is C26H29FN2O4S. The van der Waals surface area contributed by atoms with E-state index in [0.717, 1.165) is 0 Å². The number of amides is 1. The van der Waals surface area contributed by atoms with Crippen LogP contribution < -0.4 is 0 Å². The number of hydrogen-bond donors (Lipinski definition) is 0. The van der Waals surface area contributed by atoms with E-state index in [1.165, 1.54) is 28.4 Å². The number of ether oxygens (including phenoxy) is 1. The Morgan fingerprint density at radius 1 is 1.12 bits per heavy atom. The monoisotopic (exact) mass is 484 g/mol. The highest BCUT2D eigenvalue weighted by atomic mass is 32.1. The number of carbonyl (C=O) groups is 3. The zero-order valence-corrected chi connectivity index (χ0v) is 20.9. The molecule has 0 bridgehead atoms. The molecule has 1 unspecified atom stereocenters. The number of ketones is 1. The number of hydrogen-bond acceptors (Lipinski definition) is 5. The SMILES string of the molecule is CCOC(=O)c1c(C)c(C(=O)C(C)N(Cc2ccc(F)cc2)C(=O)c2cccs2)c(C)n1CC. The van der Waals surface area contributed by atoms with Crippen LogP contribution >= 0.6 is 11.3 Å². The van der Waals surface area contributed by atoms with E-state index in [2.05, 4.69) is 0 Å². The summed E-state index contributed by atoms with van der Waals surface area (Å²) in [5, 5.41) is 1.80. The summed E-state index contributed by atoms with van der Waals surface area (Å²) in [6, 6.07) is 8.54. The molecule has 8 heteroatoms. The topological polar surface area (TPSA) is 68.6 Å². The lowest BCUT2D eigenvalue weighted by Crippen LogP contribution is -2.43. The lowest BCUT2D eigenvalue weighted by atomic mass is 9.99. The van der Waals surface area contributed by atoms with Gasteiger partial charge in [-0.3, -0.25) is 9.59 Å². The van der Waals surface area contributed by atoms with Crippen LogP contribution in [0.15, 0.2) is 41.8 Å². The first-order valence-corrected chi connectivity index (χ1v) is 12.1. The molecule has 0 aliphatic heterocycles. The molecule has 0 spiro atoms. The van der Waals surface area contributed by atoms with Crippen LogP contribution in [0.1, 0.15) is 68.1 Å². The first kappa shape index (κ1) is 25.4. The molecular weight excluding hydrogens is 455 g/mol. The van der Waals surface area contributed by atoms with Gasteiger partial charge in [0.25, 0.3) is 5.91 Å². The molecule has 0 aliphatic rings. The largest absolute Gasteiger partial charge is 0.461 e. The minimum atomic E-state index is -0.820. The number of Topliss-reactive ketones (excluding diaryl/α,β-unsaturated/α-hetero) is 1. The van der Waals surface area contributed by atoms with Crippen LogP contribution in [0.3, 0.4) is 0 Å². The summed E-state index contributed by atoms with van der Waals surface area (Å²) in [6.07, 6.45) is 0. The number of benzene rings is 1. The van der Waals surface area contributed by atoms with E-state index in [1.54, 1.807) is 61.9 Å². The van der Waals surface area contributed by atoms with E-state index in [9.17, 15) is 18.8 Å². The van der Waals surface area contributed by atoms with Crippen LogP contribution in [0.4, 0.5) is 4.39 Å². The molecule has 180 valence electrons. The van der Waals surface area contributed by atoms with E-state index < -0.39 is 12.0 Å². The van der Waals surface area contributed by atoms with Gasteiger partial charge in [0.15, 0.2) is 5.78 Å². The molecule has 0 radical (unpaired) electrons. The third-order valence-electron chi connectivity index (χ3n) is 5.90. The molecule has 34 heavy (non-hydrogen) atoms. The smallest absolute Gasteiger partial charge is 0.355 e. The van der Waals surface area contributed by atoms with Gasteiger partial charge in [-0.2, -0.15) is 0 Å². The Balaban J connectivity index is 2.03. The first-order chi connectivity index (χ1) is 16.2. The third kappa shape index (κ3) is 4.97. The highest BCUT2D eigenvalue weighted by molar-refractivity contribution is 7.12. The second kappa shape index (κ2) is 10.8. The van der Waals surface area contributed by atoms with Crippen LogP contribution in [0.5, 0.6) is 0 Å². The van der Waals surface area contributed by atoms with Gasteiger partial charge in [-0.15, -0.1) is 11.3 Å². The van der Waals surface area contributed by atoms with Gasteiger partial charge in [-0.1, -0.05) is 18.2 Å². The summed E-state index contributed by atoms with van der Waals surface area (Å²) < 4.78 is 20.4. The Morgan fingerprint density at radius 2 is 1.79 bits per heavy atom. The van der Waals surface area contributed by atoms with Crippen molar-refractivity contribution in [1.29, 1.82) is 0 Å². The summed E-state index contributed by atoms with van der Waals surface area (Å²) >= 11 is 1.30. The van der Waals surface area contributed by atoms with E-state index in [-0.39, 0.29) is 30.7 Å². The molecule has 2 aromatic heterocycles. The Labute approximate surface area is 203 Å². The normalized spacial score (nSPS) is 11.8. The van der Waals surface area contributed by atoms with Gasteiger partial charge in [0.2, 0.25) is 0 Å². The zero-order chi connectivity index (χ0) is 25.0. The Bertz CT molecular complexity index is 1180. The van der Waals surface area contributed by atoms with Crippen LogP contribution in [0.2, 0.25) is 0 Å². The van der Waals surface area contributed by atoms with Crippen molar-refractivity contribution in [3.63, 3.8) is 0 Å². The van der Waals surface area contributed by atoms with Crippen LogP contribution in [0.25, 0.3) is 0 Å². The highest BCUT2D eigenvalue weighted by Crippen LogP contribution is 2.27. The van der Waals surface area contributed by atoms with Gasteiger partial charge in [0.1, 0.15) is 11.5 Å². The first-order valence-electron chi connectivity index (χ1n) is 11.2. The number of halogens is 1. The fraction of sp³-hybridized carbons (Fsp3) is 0.346. The predicted octanol–water partition coefficient (Wildman–Crippen LogP) is 5.42. The summed E-state index contributed by atoms with van der Waals surface area (Å²) in [7, 11) is 0. The maximum Gasteiger partial charge on any atom is 0.355 e. The second-order valence-corrected chi connectivity index (χ2v) is 8.92. The molecule has 0 saturated carbocycles. The number of nitrogens with zero attached hydrogens (tertiary/aromatic N) is 2. The highest BCUT2D eigenvalue weighted by Gasteiger charge is 2.33. The molecule has 1 amide bonds. The standard InChI is InChI=1S/C26H29FN2O4S/c1-6-28-17(4)22(16(3)23(28)26(32)33-7-2)24(30)18(5)29(25(31)21-9-8-14-34-21)15-19-10-12-20(27)13-11-19/h8-14,18H,6-7,15H2,1-5H3. The minimum Gasteiger partial charge on any atom is -0.461 e. The van der Waals surface area contributed by atoms with E-state index >= 15 is 0 Å². The second-order valence-electron chi connectivity index (χ2n) is 7.98. The Morgan fingerprint density at radius 3 is 2.35 bits per heavy atom. The van der Waals surface area contributed by atoms with Crippen molar-refractivity contribution < 1.29 is 23.5 Å². The number of aromatic nitrogens is 1. The van der Waals surface area contributed by atoms with E-state index in [4.69, 9.17) is 4.74 Å². The number of carbonyl (C=O) groups excluding carboxylic acids is 3. The fourth-order valence-electron chi connectivity index (χ4n) is 4.18. The Hall–Kier alpha value is -3.26. The molecule has 6 nitrogen and oxygen atoms in total. The van der Waals surface area contributed by atoms with E-state index in [0.29, 0.717) is 39.5 Å². The molecule has 1 aromatic carbocycles. The average molecular weight is 485 g/mol. The van der Waals surface area contributed by atoms with Crippen molar-refractivity contribution in [2.24, 2.45) is 0 Å². The van der Waals surface area contributed by atoms with Gasteiger partial charge in [-0.25, -0.2) is 9.18 Å². The molecule has 0 fully saturated rings. The summed E-state index contributed by atoms with van der Waals surface area (Å²) in [6.45, 7) is 9.71. The van der Waals surface area contributed by atoms with Crippen LogP contribution in [0, 0.1) is 19.7 Å².